The second kappa shape index (κ2) is 5.16. The quantitative estimate of drug-likeness (QED) is 0.610. The number of rotatable bonds is 4. The molecule has 4 heteroatoms. The average molecular weight is 178 g/mol. The molecule has 3 nitrogen and oxygen atoms in total. The molecule has 0 aromatic heterocycles. The molecule has 0 heterocycles. The molecule has 0 spiro atoms. The van der Waals surface area contributed by atoms with E-state index in [1.54, 1.807) is 7.05 Å². The molecule has 0 aliphatic rings. The van der Waals surface area contributed by atoms with Crippen LogP contribution in [-0.4, -0.2) is 25.1 Å². The van der Waals surface area contributed by atoms with Crippen LogP contribution in [0.1, 0.15) is 12.8 Å². The molecule has 0 aromatic rings. The molecule has 0 radical (unpaired) electrons. The molecule has 0 fully saturated rings. The summed E-state index contributed by atoms with van der Waals surface area (Å²) in [5, 5.41) is 1.66. The minimum atomic E-state index is -0.102. The molecule has 11 heavy (non-hydrogen) atoms. The van der Waals surface area contributed by atoms with E-state index in [-0.39, 0.29) is 5.91 Å². The third kappa shape index (κ3) is 4.81. The summed E-state index contributed by atoms with van der Waals surface area (Å²) in [6.07, 6.45) is 0.834. The Morgan fingerprint density at radius 2 is 2.18 bits per heavy atom. The number of nitrogens with zero attached hydrogens (tertiary/aromatic N) is 1. The SMILES string of the molecule is C=C(Cl)CCC(=O)N(C)OC. The molecule has 0 bridgehead atoms. The first-order valence-corrected chi connectivity index (χ1v) is 3.59. The maximum absolute atomic E-state index is 11.0. The summed E-state index contributed by atoms with van der Waals surface area (Å²) in [6.45, 7) is 3.47. The highest BCUT2D eigenvalue weighted by Crippen LogP contribution is 2.07. The highest BCUT2D eigenvalue weighted by molar-refractivity contribution is 6.29. The van der Waals surface area contributed by atoms with Crippen LogP contribution in [0.25, 0.3) is 0 Å². The Bertz CT molecular complexity index is 159. The van der Waals surface area contributed by atoms with Crippen molar-refractivity contribution in [3.8, 4) is 0 Å². The second-order valence-corrected chi connectivity index (χ2v) is 2.63. The van der Waals surface area contributed by atoms with Gasteiger partial charge in [0.2, 0.25) is 5.91 Å². The minimum absolute atomic E-state index is 0.102. The van der Waals surface area contributed by atoms with Crippen molar-refractivity contribution in [1.29, 1.82) is 0 Å². The van der Waals surface area contributed by atoms with Gasteiger partial charge in [-0.25, -0.2) is 5.06 Å². The summed E-state index contributed by atoms with van der Waals surface area (Å²) in [7, 11) is 2.99. The Morgan fingerprint density at radius 1 is 1.64 bits per heavy atom. The summed E-state index contributed by atoms with van der Waals surface area (Å²) >= 11 is 5.46. The van der Waals surface area contributed by atoms with Gasteiger partial charge >= 0.3 is 0 Å². The van der Waals surface area contributed by atoms with Gasteiger partial charge in [0.25, 0.3) is 0 Å². The predicted molar refractivity (Wildman–Crippen MR) is 44.0 cm³/mol. The first kappa shape index (κ1) is 10.5. The summed E-state index contributed by atoms with van der Waals surface area (Å²) in [5.41, 5.74) is 0. The number of hydrogen-bond donors (Lipinski definition) is 0. The largest absolute Gasteiger partial charge is 0.275 e. The molecular formula is C7H12ClNO2. The molecule has 0 aliphatic carbocycles. The van der Waals surface area contributed by atoms with Crippen LogP contribution in [0.4, 0.5) is 0 Å². The van der Waals surface area contributed by atoms with Gasteiger partial charge in [-0.05, 0) is 6.42 Å². The molecule has 0 aliphatic heterocycles. The fourth-order valence-corrected chi connectivity index (χ4v) is 0.596. The maximum atomic E-state index is 11.0. The number of hydroxylamine groups is 2. The summed E-state index contributed by atoms with van der Waals surface area (Å²) in [4.78, 5) is 15.6. The molecule has 1 amide bonds. The molecule has 0 atom stereocenters. The third-order valence-electron chi connectivity index (χ3n) is 1.24. The molecule has 0 aromatic carbocycles. The highest BCUT2D eigenvalue weighted by Gasteiger charge is 2.06. The van der Waals surface area contributed by atoms with Crippen molar-refractivity contribution >= 4 is 17.5 Å². The van der Waals surface area contributed by atoms with Crippen LogP contribution < -0.4 is 0 Å². The topological polar surface area (TPSA) is 29.5 Å². The van der Waals surface area contributed by atoms with Crippen LogP contribution in [0.15, 0.2) is 11.6 Å². The fourth-order valence-electron chi connectivity index (χ4n) is 0.502. The molecule has 64 valence electrons. The van der Waals surface area contributed by atoms with Gasteiger partial charge < -0.3 is 0 Å². The van der Waals surface area contributed by atoms with E-state index in [1.807, 2.05) is 0 Å². The zero-order valence-corrected chi connectivity index (χ0v) is 7.52. The van der Waals surface area contributed by atoms with Crippen LogP contribution in [0.3, 0.4) is 0 Å². The van der Waals surface area contributed by atoms with Crippen molar-refractivity contribution in [3.05, 3.63) is 11.6 Å². The summed E-state index contributed by atoms with van der Waals surface area (Å²) in [5.74, 6) is -0.102. The Kier molecular flexibility index (Phi) is 4.90. The van der Waals surface area contributed by atoms with Gasteiger partial charge in [-0.2, -0.15) is 0 Å². The van der Waals surface area contributed by atoms with Crippen molar-refractivity contribution in [1.82, 2.24) is 5.06 Å². The van der Waals surface area contributed by atoms with E-state index in [1.165, 1.54) is 12.2 Å². The van der Waals surface area contributed by atoms with E-state index >= 15 is 0 Å². The van der Waals surface area contributed by atoms with Crippen molar-refractivity contribution in [2.24, 2.45) is 0 Å². The van der Waals surface area contributed by atoms with Crippen LogP contribution >= 0.6 is 11.6 Å². The standard InChI is InChI=1S/C7H12ClNO2/c1-6(8)4-5-7(10)9(2)11-3/h1,4-5H2,2-3H3. The molecule has 0 unspecified atom stereocenters. The smallest absolute Gasteiger partial charge is 0.246 e. The van der Waals surface area contributed by atoms with Gasteiger partial charge in [0.1, 0.15) is 0 Å². The van der Waals surface area contributed by atoms with Crippen LogP contribution in [0, 0.1) is 0 Å². The number of halogens is 1. The monoisotopic (exact) mass is 177 g/mol. The van der Waals surface area contributed by atoms with E-state index in [0.29, 0.717) is 17.9 Å². The van der Waals surface area contributed by atoms with Crippen molar-refractivity contribution in [3.63, 3.8) is 0 Å². The Labute approximate surface area is 71.5 Å². The number of carbonyl (C=O) groups excluding carboxylic acids is 1. The Balaban J connectivity index is 3.60. The van der Waals surface area contributed by atoms with E-state index in [2.05, 4.69) is 11.4 Å². The third-order valence-corrected chi connectivity index (χ3v) is 1.42. The predicted octanol–water partition coefficient (Wildman–Crippen LogP) is 1.54. The van der Waals surface area contributed by atoms with Crippen molar-refractivity contribution in [2.75, 3.05) is 14.2 Å². The lowest BCUT2D eigenvalue weighted by atomic mass is 10.3. The molecule has 0 rings (SSSR count). The van der Waals surface area contributed by atoms with Crippen molar-refractivity contribution in [2.45, 2.75) is 12.8 Å². The molecule has 0 saturated carbocycles. The van der Waals surface area contributed by atoms with Crippen molar-refractivity contribution < 1.29 is 9.63 Å². The number of allylic oxidation sites excluding steroid dienone is 1. The van der Waals surface area contributed by atoms with Crippen LogP contribution in [0.2, 0.25) is 0 Å². The van der Waals surface area contributed by atoms with Gasteiger partial charge in [0.15, 0.2) is 0 Å². The lowest BCUT2D eigenvalue weighted by Crippen LogP contribution is -2.24. The molecular weight excluding hydrogens is 166 g/mol. The van der Waals surface area contributed by atoms with E-state index in [0.717, 1.165) is 0 Å². The highest BCUT2D eigenvalue weighted by atomic mass is 35.5. The number of amides is 1. The van der Waals surface area contributed by atoms with Gasteiger partial charge in [-0.15, -0.1) is 0 Å². The average Bonchev–Trinajstić information content (AvgIpc) is 1.98. The van der Waals surface area contributed by atoms with E-state index < -0.39 is 0 Å². The Morgan fingerprint density at radius 3 is 2.55 bits per heavy atom. The van der Waals surface area contributed by atoms with Gasteiger partial charge in [0.05, 0.1) is 7.11 Å². The number of hydrogen-bond acceptors (Lipinski definition) is 2. The maximum Gasteiger partial charge on any atom is 0.246 e. The minimum Gasteiger partial charge on any atom is -0.275 e. The van der Waals surface area contributed by atoms with E-state index in [9.17, 15) is 4.79 Å². The number of carbonyl (C=O) groups is 1. The molecule has 0 N–H and O–H groups in total. The fraction of sp³-hybridized carbons (Fsp3) is 0.571. The second-order valence-electron chi connectivity index (χ2n) is 2.09. The zero-order chi connectivity index (χ0) is 8.85. The van der Waals surface area contributed by atoms with Crippen LogP contribution in [0.5, 0.6) is 0 Å². The summed E-state index contributed by atoms with van der Waals surface area (Å²) < 4.78 is 0. The molecule has 0 saturated heterocycles. The van der Waals surface area contributed by atoms with Crippen LogP contribution in [-0.2, 0) is 9.63 Å². The van der Waals surface area contributed by atoms with Gasteiger partial charge in [-0.1, -0.05) is 18.2 Å². The van der Waals surface area contributed by atoms with Gasteiger partial charge in [-0.3, -0.25) is 9.63 Å². The summed E-state index contributed by atoms with van der Waals surface area (Å²) in [6, 6.07) is 0. The zero-order valence-electron chi connectivity index (χ0n) is 6.76. The lowest BCUT2D eigenvalue weighted by Gasteiger charge is -2.12. The van der Waals surface area contributed by atoms with E-state index in [4.69, 9.17) is 11.6 Å². The van der Waals surface area contributed by atoms with Gasteiger partial charge in [0, 0.05) is 18.5 Å². The Hall–Kier alpha value is -0.540. The first-order valence-electron chi connectivity index (χ1n) is 3.22. The first-order chi connectivity index (χ1) is 5.07. The lowest BCUT2D eigenvalue weighted by molar-refractivity contribution is -0.168. The normalized spacial score (nSPS) is 9.36.